The second kappa shape index (κ2) is 5.02. The van der Waals surface area contributed by atoms with Gasteiger partial charge in [0.15, 0.2) is 0 Å². The number of rotatable bonds is 3. The highest BCUT2D eigenvalue weighted by Crippen LogP contribution is 2.37. The molecule has 0 aliphatic heterocycles. The number of hydrogen-bond donors (Lipinski definition) is 2. The van der Waals surface area contributed by atoms with Gasteiger partial charge in [-0.3, -0.25) is 4.98 Å². The van der Waals surface area contributed by atoms with E-state index >= 15 is 0 Å². The summed E-state index contributed by atoms with van der Waals surface area (Å²) in [6, 6.07) is 10.5. The maximum atomic E-state index is 9.86. The van der Waals surface area contributed by atoms with Gasteiger partial charge >= 0.3 is 0 Å². The van der Waals surface area contributed by atoms with Crippen LogP contribution in [0.5, 0.6) is 5.75 Å². The Morgan fingerprint density at radius 1 is 1.26 bits per heavy atom. The van der Waals surface area contributed by atoms with Crippen LogP contribution in [0.3, 0.4) is 0 Å². The number of phenols is 1. The number of nitrogens with zero attached hydrogens (tertiary/aromatic N) is 1. The van der Waals surface area contributed by atoms with Crippen molar-refractivity contribution in [3.8, 4) is 5.75 Å². The number of benzene rings is 1. The van der Waals surface area contributed by atoms with Crippen LogP contribution in [0.25, 0.3) is 0 Å². The zero-order chi connectivity index (χ0) is 13.2. The molecular weight excluding hydrogens is 236 g/mol. The molecule has 1 aliphatic carbocycles. The van der Waals surface area contributed by atoms with Crippen LogP contribution in [0.1, 0.15) is 42.1 Å². The largest absolute Gasteiger partial charge is 0.508 e. The van der Waals surface area contributed by atoms with Crippen molar-refractivity contribution < 1.29 is 5.11 Å². The molecule has 1 aromatic heterocycles. The molecule has 0 spiro atoms. The molecule has 3 rings (SSSR count). The molecule has 0 amide bonds. The van der Waals surface area contributed by atoms with E-state index in [1.54, 1.807) is 6.07 Å². The van der Waals surface area contributed by atoms with Crippen molar-refractivity contribution >= 4 is 0 Å². The van der Waals surface area contributed by atoms with Gasteiger partial charge in [-0.25, -0.2) is 0 Å². The summed E-state index contributed by atoms with van der Waals surface area (Å²) >= 11 is 0. The number of phenolic OH excluding ortho intramolecular Hbond substituents is 1. The molecule has 2 N–H and O–H groups in total. The van der Waals surface area contributed by atoms with E-state index in [9.17, 15) is 5.11 Å². The zero-order valence-electron chi connectivity index (χ0n) is 11.0. The molecule has 0 bridgehead atoms. The van der Waals surface area contributed by atoms with Crippen molar-refractivity contribution in [2.75, 3.05) is 0 Å². The zero-order valence-corrected chi connectivity index (χ0v) is 11.0. The summed E-state index contributed by atoms with van der Waals surface area (Å²) in [6.45, 7) is 2.16. The number of hydrogen-bond acceptors (Lipinski definition) is 3. The summed E-state index contributed by atoms with van der Waals surface area (Å²) in [6.07, 6.45) is 5.63. The third-order valence-electron chi connectivity index (χ3n) is 3.90. The number of nitrogens with one attached hydrogen (secondary N) is 1. The summed E-state index contributed by atoms with van der Waals surface area (Å²) in [5.74, 6) is 0.429. The Bertz CT molecular complexity index is 568. The highest BCUT2D eigenvalue weighted by Gasteiger charge is 2.25. The van der Waals surface area contributed by atoms with Crippen molar-refractivity contribution in [1.29, 1.82) is 0 Å². The Morgan fingerprint density at radius 3 is 2.84 bits per heavy atom. The predicted octanol–water partition coefficient (Wildman–Crippen LogP) is 3.13. The summed E-state index contributed by atoms with van der Waals surface area (Å²) in [5, 5.41) is 13.5. The molecule has 1 heterocycles. The highest BCUT2D eigenvalue weighted by molar-refractivity contribution is 5.44. The van der Waals surface area contributed by atoms with E-state index in [2.05, 4.69) is 23.3 Å². The third-order valence-corrected chi connectivity index (χ3v) is 3.90. The fourth-order valence-corrected chi connectivity index (χ4v) is 2.86. The molecule has 98 valence electrons. The van der Waals surface area contributed by atoms with E-state index in [0.717, 1.165) is 18.4 Å². The lowest BCUT2D eigenvalue weighted by Crippen LogP contribution is -2.22. The molecule has 1 aromatic carbocycles. The normalized spacial score (nSPS) is 19.1. The van der Waals surface area contributed by atoms with Gasteiger partial charge in [0.05, 0.1) is 0 Å². The van der Waals surface area contributed by atoms with Crippen LogP contribution >= 0.6 is 0 Å². The number of aromatic hydroxyl groups is 1. The van der Waals surface area contributed by atoms with Gasteiger partial charge in [-0.2, -0.15) is 0 Å². The first kappa shape index (κ1) is 12.2. The molecule has 3 nitrogen and oxygen atoms in total. The first-order valence-corrected chi connectivity index (χ1v) is 6.72. The van der Waals surface area contributed by atoms with Crippen LogP contribution in [0.2, 0.25) is 0 Å². The van der Waals surface area contributed by atoms with Gasteiger partial charge in [-0.1, -0.05) is 12.1 Å². The second-order valence-corrected chi connectivity index (χ2v) is 5.11. The van der Waals surface area contributed by atoms with Gasteiger partial charge in [0.25, 0.3) is 0 Å². The van der Waals surface area contributed by atoms with Crippen LogP contribution < -0.4 is 5.32 Å². The van der Waals surface area contributed by atoms with E-state index in [-0.39, 0.29) is 6.04 Å². The van der Waals surface area contributed by atoms with E-state index in [1.165, 1.54) is 11.1 Å². The fourth-order valence-electron chi connectivity index (χ4n) is 2.86. The summed E-state index contributed by atoms with van der Waals surface area (Å²) in [7, 11) is 0. The van der Waals surface area contributed by atoms with Crippen LogP contribution in [0.4, 0.5) is 0 Å². The van der Waals surface area contributed by atoms with Crippen LogP contribution in [0, 0.1) is 0 Å². The molecule has 3 heteroatoms. The Morgan fingerprint density at radius 2 is 2.05 bits per heavy atom. The molecule has 1 unspecified atom stereocenters. The maximum Gasteiger partial charge on any atom is 0.119 e. The Kier molecular flexibility index (Phi) is 3.22. The van der Waals surface area contributed by atoms with Crippen molar-refractivity contribution in [1.82, 2.24) is 10.3 Å². The highest BCUT2D eigenvalue weighted by atomic mass is 16.3. The van der Waals surface area contributed by atoms with Crippen molar-refractivity contribution in [2.45, 2.75) is 31.8 Å². The lowest BCUT2D eigenvalue weighted by Gasteiger charge is -2.20. The number of fused-ring (bicyclic) bond motifs is 1. The van der Waals surface area contributed by atoms with Gasteiger partial charge in [0.1, 0.15) is 5.75 Å². The van der Waals surface area contributed by atoms with E-state index in [0.29, 0.717) is 11.8 Å². The van der Waals surface area contributed by atoms with Crippen LogP contribution in [0.15, 0.2) is 42.7 Å². The average Bonchev–Trinajstić information content (AvgIpc) is 2.84. The summed E-state index contributed by atoms with van der Waals surface area (Å²) < 4.78 is 0. The predicted molar refractivity (Wildman–Crippen MR) is 75.0 cm³/mol. The third kappa shape index (κ3) is 2.34. The van der Waals surface area contributed by atoms with Gasteiger partial charge in [0, 0.05) is 24.5 Å². The van der Waals surface area contributed by atoms with Crippen molar-refractivity contribution in [3.05, 3.63) is 59.4 Å². The first-order chi connectivity index (χ1) is 9.25. The molecule has 0 saturated heterocycles. The smallest absolute Gasteiger partial charge is 0.119 e. The monoisotopic (exact) mass is 254 g/mol. The Labute approximate surface area is 113 Å². The molecule has 0 radical (unpaired) electrons. The SMILES string of the molecule is C[C@H](NC1CCc2c(O)cccc21)c1ccncc1. The first-order valence-electron chi connectivity index (χ1n) is 6.72. The summed E-state index contributed by atoms with van der Waals surface area (Å²) in [4.78, 5) is 4.05. The Hall–Kier alpha value is -1.87. The maximum absolute atomic E-state index is 9.86. The minimum absolute atomic E-state index is 0.279. The topological polar surface area (TPSA) is 45.1 Å². The standard InChI is InChI=1S/C16H18N2O/c1-11(12-7-9-17-10-8-12)18-15-6-5-14-13(15)3-2-4-16(14)19/h2-4,7-11,15,18-19H,5-6H2,1H3/t11-,15?/m0/s1. The fraction of sp³-hybridized carbons (Fsp3) is 0.312. The van der Waals surface area contributed by atoms with Gasteiger partial charge in [-0.15, -0.1) is 0 Å². The quantitative estimate of drug-likeness (QED) is 0.884. The van der Waals surface area contributed by atoms with Crippen LogP contribution in [-0.4, -0.2) is 10.1 Å². The second-order valence-electron chi connectivity index (χ2n) is 5.11. The average molecular weight is 254 g/mol. The van der Waals surface area contributed by atoms with E-state index in [4.69, 9.17) is 0 Å². The minimum atomic E-state index is 0.279. The number of aromatic nitrogens is 1. The lowest BCUT2D eigenvalue weighted by atomic mass is 10.0. The molecule has 19 heavy (non-hydrogen) atoms. The molecule has 1 aliphatic rings. The Balaban J connectivity index is 1.78. The van der Waals surface area contributed by atoms with E-state index in [1.807, 2.05) is 30.6 Å². The summed E-state index contributed by atoms with van der Waals surface area (Å²) in [5.41, 5.74) is 3.58. The molecule has 0 fully saturated rings. The van der Waals surface area contributed by atoms with Crippen molar-refractivity contribution in [3.63, 3.8) is 0 Å². The van der Waals surface area contributed by atoms with E-state index < -0.39 is 0 Å². The molecule has 2 aromatic rings. The van der Waals surface area contributed by atoms with Gasteiger partial charge < -0.3 is 10.4 Å². The van der Waals surface area contributed by atoms with Crippen LogP contribution in [-0.2, 0) is 6.42 Å². The molecule has 2 atom stereocenters. The van der Waals surface area contributed by atoms with Gasteiger partial charge in [-0.05, 0) is 54.7 Å². The minimum Gasteiger partial charge on any atom is -0.508 e. The molecule has 0 saturated carbocycles. The lowest BCUT2D eigenvalue weighted by molar-refractivity contribution is 0.464. The van der Waals surface area contributed by atoms with Gasteiger partial charge in [0.2, 0.25) is 0 Å². The molecular formula is C16H18N2O. The van der Waals surface area contributed by atoms with Crippen molar-refractivity contribution in [2.24, 2.45) is 0 Å². The number of pyridine rings is 1.